The summed E-state index contributed by atoms with van der Waals surface area (Å²) < 4.78 is 0. The summed E-state index contributed by atoms with van der Waals surface area (Å²) in [6.07, 6.45) is 3.17. The van der Waals surface area contributed by atoms with Crippen molar-refractivity contribution in [2.45, 2.75) is 44.7 Å². The molecule has 0 radical (unpaired) electrons. The lowest BCUT2D eigenvalue weighted by molar-refractivity contribution is -0.122. The summed E-state index contributed by atoms with van der Waals surface area (Å²) >= 11 is 0. The van der Waals surface area contributed by atoms with Crippen LogP contribution < -0.4 is 11.1 Å². The lowest BCUT2D eigenvalue weighted by Crippen LogP contribution is -2.38. The second-order valence-electron chi connectivity index (χ2n) is 4.81. The Balaban J connectivity index is 1.85. The Hall–Kier alpha value is -1.35. The number of carbonyl (C=O) groups is 1. The maximum absolute atomic E-state index is 11.7. The molecule has 1 aliphatic rings. The van der Waals surface area contributed by atoms with E-state index in [1.807, 2.05) is 6.92 Å². The number of nitrogens with two attached hydrogens (primary N) is 1. The fraction of sp³-hybridized carbons (Fsp3) is 0.500. The number of carbonyl (C=O) groups excluding carboxylic acids is 1. The minimum absolute atomic E-state index is 0.0150. The van der Waals surface area contributed by atoms with E-state index >= 15 is 0 Å². The molecule has 0 spiro atoms. The molecule has 1 aliphatic carbocycles. The molecule has 0 saturated carbocycles. The van der Waals surface area contributed by atoms with Crippen LogP contribution in [0.4, 0.5) is 0 Å². The van der Waals surface area contributed by atoms with Crippen molar-refractivity contribution >= 4 is 5.91 Å². The van der Waals surface area contributed by atoms with E-state index in [1.54, 1.807) is 0 Å². The smallest absolute Gasteiger partial charge is 0.221 e. The van der Waals surface area contributed by atoms with E-state index in [9.17, 15) is 4.79 Å². The third kappa shape index (κ3) is 3.07. The summed E-state index contributed by atoms with van der Waals surface area (Å²) in [5.41, 5.74) is 8.49. The Morgan fingerprint density at radius 2 is 2.00 bits per heavy atom. The van der Waals surface area contributed by atoms with Crippen LogP contribution in [0, 0.1) is 0 Å². The predicted octanol–water partition coefficient (Wildman–Crippen LogP) is 1.40. The summed E-state index contributed by atoms with van der Waals surface area (Å²) in [6, 6.07) is 8.62. The lowest BCUT2D eigenvalue weighted by Gasteiger charge is -2.14. The van der Waals surface area contributed by atoms with Crippen LogP contribution in [0.25, 0.3) is 0 Å². The van der Waals surface area contributed by atoms with Crippen LogP contribution in [0.5, 0.6) is 0 Å². The molecule has 3 N–H and O–H groups in total. The van der Waals surface area contributed by atoms with Crippen LogP contribution in [0.15, 0.2) is 24.3 Å². The molecule has 1 aromatic rings. The first-order valence-corrected chi connectivity index (χ1v) is 6.30. The molecule has 3 nitrogen and oxygen atoms in total. The first kappa shape index (κ1) is 12.1. The SMILES string of the molecule is CCC(N)CC(=O)NC1Cc2ccccc2C1. The van der Waals surface area contributed by atoms with Gasteiger partial charge in [-0.05, 0) is 30.4 Å². The number of hydrogen-bond acceptors (Lipinski definition) is 2. The maximum Gasteiger partial charge on any atom is 0.221 e. The molecule has 0 fully saturated rings. The third-order valence-corrected chi connectivity index (χ3v) is 3.39. The minimum atomic E-state index is -0.0150. The van der Waals surface area contributed by atoms with Crippen molar-refractivity contribution in [3.8, 4) is 0 Å². The lowest BCUT2D eigenvalue weighted by atomic mass is 10.1. The summed E-state index contributed by atoms with van der Waals surface area (Å²) in [5, 5.41) is 3.07. The third-order valence-electron chi connectivity index (χ3n) is 3.39. The van der Waals surface area contributed by atoms with Gasteiger partial charge in [0, 0.05) is 18.5 Å². The Bertz CT molecular complexity index is 378. The fourth-order valence-corrected chi connectivity index (χ4v) is 2.33. The highest BCUT2D eigenvalue weighted by molar-refractivity contribution is 5.77. The van der Waals surface area contributed by atoms with Crippen LogP contribution in [0.3, 0.4) is 0 Å². The van der Waals surface area contributed by atoms with Gasteiger partial charge in [-0.15, -0.1) is 0 Å². The first-order chi connectivity index (χ1) is 8.19. The van der Waals surface area contributed by atoms with Crippen LogP contribution in [0.2, 0.25) is 0 Å². The zero-order valence-corrected chi connectivity index (χ0v) is 10.3. The number of amides is 1. The Kier molecular flexibility index (Phi) is 3.79. The molecule has 92 valence electrons. The molecule has 17 heavy (non-hydrogen) atoms. The first-order valence-electron chi connectivity index (χ1n) is 6.30. The van der Waals surface area contributed by atoms with Gasteiger partial charge in [-0.3, -0.25) is 4.79 Å². The maximum atomic E-state index is 11.7. The van der Waals surface area contributed by atoms with Crippen LogP contribution in [-0.4, -0.2) is 18.0 Å². The number of rotatable bonds is 4. The average molecular weight is 232 g/mol. The molecule has 1 atom stereocenters. The molecule has 1 amide bonds. The van der Waals surface area contributed by atoms with Gasteiger partial charge in [0.2, 0.25) is 5.91 Å². The van der Waals surface area contributed by atoms with Crippen molar-refractivity contribution in [3.63, 3.8) is 0 Å². The fourth-order valence-electron chi connectivity index (χ4n) is 2.33. The normalized spacial score (nSPS) is 16.6. The monoisotopic (exact) mass is 232 g/mol. The highest BCUT2D eigenvalue weighted by atomic mass is 16.1. The topological polar surface area (TPSA) is 55.1 Å². The highest BCUT2D eigenvalue weighted by Crippen LogP contribution is 2.21. The molecule has 0 aliphatic heterocycles. The van der Waals surface area contributed by atoms with Crippen LogP contribution in [-0.2, 0) is 17.6 Å². The molecule has 0 heterocycles. The quantitative estimate of drug-likeness (QED) is 0.824. The van der Waals surface area contributed by atoms with Crippen molar-refractivity contribution in [1.82, 2.24) is 5.32 Å². The van der Waals surface area contributed by atoms with E-state index < -0.39 is 0 Å². The number of benzene rings is 1. The van der Waals surface area contributed by atoms with Gasteiger partial charge < -0.3 is 11.1 Å². The minimum Gasteiger partial charge on any atom is -0.353 e. The second-order valence-corrected chi connectivity index (χ2v) is 4.81. The molecule has 3 heteroatoms. The molecular weight excluding hydrogens is 212 g/mol. The van der Waals surface area contributed by atoms with Crippen molar-refractivity contribution in [2.75, 3.05) is 0 Å². The second kappa shape index (κ2) is 5.32. The van der Waals surface area contributed by atoms with E-state index in [0.717, 1.165) is 19.3 Å². The summed E-state index contributed by atoms with van der Waals surface area (Å²) in [4.78, 5) is 11.7. The van der Waals surface area contributed by atoms with E-state index in [0.29, 0.717) is 6.42 Å². The van der Waals surface area contributed by atoms with Crippen molar-refractivity contribution in [3.05, 3.63) is 35.4 Å². The van der Waals surface area contributed by atoms with Gasteiger partial charge >= 0.3 is 0 Å². The number of hydrogen-bond donors (Lipinski definition) is 2. The molecule has 1 aromatic carbocycles. The Labute approximate surface area is 102 Å². The number of fused-ring (bicyclic) bond motifs is 1. The van der Waals surface area contributed by atoms with E-state index in [-0.39, 0.29) is 18.0 Å². The molecule has 0 bridgehead atoms. The van der Waals surface area contributed by atoms with Gasteiger partial charge in [-0.2, -0.15) is 0 Å². The summed E-state index contributed by atoms with van der Waals surface area (Å²) in [6.45, 7) is 2.00. The zero-order chi connectivity index (χ0) is 12.3. The molecule has 2 rings (SSSR count). The highest BCUT2D eigenvalue weighted by Gasteiger charge is 2.22. The van der Waals surface area contributed by atoms with E-state index in [2.05, 4.69) is 29.6 Å². The van der Waals surface area contributed by atoms with Crippen molar-refractivity contribution < 1.29 is 4.79 Å². The van der Waals surface area contributed by atoms with Gasteiger partial charge in [-0.25, -0.2) is 0 Å². The molecular formula is C14H20N2O. The average Bonchev–Trinajstić information content (AvgIpc) is 2.70. The van der Waals surface area contributed by atoms with Gasteiger partial charge in [0.05, 0.1) is 0 Å². The van der Waals surface area contributed by atoms with Crippen molar-refractivity contribution in [2.24, 2.45) is 5.73 Å². The number of nitrogens with one attached hydrogen (secondary N) is 1. The molecule has 0 aromatic heterocycles. The molecule has 0 saturated heterocycles. The Morgan fingerprint density at radius 1 is 1.41 bits per heavy atom. The predicted molar refractivity (Wildman–Crippen MR) is 68.7 cm³/mol. The van der Waals surface area contributed by atoms with Gasteiger partial charge in [0.15, 0.2) is 0 Å². The van der Waals surface area contributed by atoms with Gasteiger partial charge in [0.1, 0.15) is 0 Å². The zero-order valence-electron chi connectivity index (χ0n) is 10.3. The Morgan fingerprint density at radius 3 is 2.53 bits per heavy atom. The molecule has 1 unspecified atom stereocenters. The van der Waals surface area contributed by atoms with Crippen LogP contribution >= 0.6 is 0 Å². The van der Waals surface area contributed by atoms with E-state index in [4.69, 9.17) is 5.73 Å². The summed E-state index contributed by atoms with van der Waals surface area (Å²) in [5.74, 6) is 0.0807. The summed E-state index contributed by atoms with van der Waals surface area (Å²) in [7, 11) is 0. The standard InChI is InChI=1S/C14H20N2O/c1-2-12(15)9-14(17)16-13-7-10-5-3-4-6-11(10)8-13/h3-6,12-13H,2,7-9,15H2,1H3,(H,16,17). The van der Waals surface area contributed by atoms with Gasteiger partial charge in [-0.1, -0.05) is 31.2 Å². The van der Waals surface area contributed by atoms with E-state index in [1.165, 1.54) is 11.1 Å². The largest absolute Gasteiger partial charge is 0.353 e. The van der Waals surface area contributed by atoms with Crippen molar-refractivity contribution in [1.29, 1.82) is 0 Å². The van der Waals surface area contributed by atoms with Gasteiger partial charge in [0.25, 0.3) is 0 Å². The van der Waals surface area contributed by atoms with Crippen LogP contribution in [0.1, 0.15) is 30.9 Å².